The van der Waals surface area contributed by atoms with Crippen LogP contribution < -0.4 is 10.6 Å². The van der Waals surface area contributed by atoms with Crippen LogP contribution in [-0.2, 0) is 11.8 Å². The second kappa shape index (κ2) is 12.2. The maximum Gasteiger partial charge on any atom is 0.190 e. The summed E-state index contributed by atoms with van der Waals surface area (Å²) >= 11 is 0. The highest BCUT2D eigenvalue weighted by Crippen LogP contribution is 2.22. The van der Waals surface area contributed by atoms with E-state index < -0.39 is 0 Å². The maximum atomic E-state index is 4.35. The molecule has 164 valence electrons. The van der Waals surface area contributed by atoms with Gasteiger partial charge in [0.25, 0.3) is 0 Å². The molecule has 1 aromatic carbocycles. The minimum atomic E-state index is 0.215. The van der Waals surface area contributed by atoms with Gasteiger partial charge in [0.15, 0.2) is 5.96 Å². The van der Waals surface area contributed by atoms with E-state index in [1.165, 1.54) is 63.2 Å². The molecule has 0 bridgehead atoms. The number of nitrogens with zero attached hydrogens (tertiary/aromatic N) is 3. The van der Waals surface area contributed by atoms with E-state index in [1.54, 1.807) is 0 Å². The number of likely N-dealkylation sites (N-methyl/N-ethyl adjacent to an activating group) is 1. The average molecular weight is 402 g/mol. The van der Waals surface area contributed by atoms with Gasteiger partial charge in [0.1, 0.15) is 0 Å². The number of aliphatic imine (C=N–C) groups is 1. The summed E-state index contributed by atoms with van der Waals surface area (Å²) in [5.41, 5.74) is 2.97. The summed E-state index contributed by atoms with van der Waals surface area (Å²) < 4.78 is 0. The zero-order chi connectivity index (χ0) is 21.1. The molecule has 0 radical (unpaired) electrons. The van der Waals surface area contributed by atoms with Gasteiger partial charge in [-0.05, 0) is 48.9 Å². The molecular weight excluding hydrogens is 358 g/mol. The Balaban J connectivity index is 1.56. The quantitative estimate of drug-likeness (QED) is 0.379. The summed E-state index contributed by atoms with van der Waals surface area (Å²) in [5.74, 6) is 0.910. The van der Waals surface area contributed by atoms with Gasteiger partial charge in [-0.25, -0.2) is 0 Å². The van der Waals surface area contributed by atoms with E-state index in [2.05, 4.69) is 77.4 Å². The van der Waals surface area contributed by atoms with Gasteiger partial charge < -0.3 is 20.4 Å². The first-order chi connectivity index (χ1) is 13.9. The molecule has 1 aliphatic rings. The smallest absolute Gasteiger partial charge is 0.190 e. The Bertz CT molecular complexity index is 595. The van der Waals surface area contributed by atoms with Crippen molar-refractivity contribution in [3.63, 3.8) is 0 Å². The predicted molar refractivity (Wildman–Crippen MR) is 126 cm³/mol. The third-order valence-electron chi connectivity index (χ3n) is 5.86. The van der Waals surface area contributed by atoms with E-state index in [9.17, 15) is 0 Å². The number of unbranched alkanes of at least 4 members (excludes halogenated alkanes) is 1. The zero-order valence-electron chi connectivity index (χ0n) is 19.4. The van der Waals surface area contributed by atoms with Gasteiger partial charge in [0, 0.05) is 46.3 Å². The molecule has 5 heteroatoms. The Morgan fingerprint density at radius 1 is 0.931 bits per heavy atom. The molecule has 29 heavy (non-hydrogen) atoms. The van der Waals surface area contributed by atoms with Crippen LogP contribution in [0.5, 0.6) is 0 Å². The van der Waals surface area contributed by atoms with Crippen molar-refractivity contribution in [2.24, 2.45) is 4.99 Å². The van der Waals surface area contributed by atoms with Gasteiger partial charge >= 0.3 is 0 Å². The van der Waals surface area contributed by atoms with Gasteiger partial charge in [-0.3, -0.25) is 4.99 Å². The summed E-state index contributed by atoms with van der Waals surface area (Å²) in [6.07, 6.45) is 3.44. The van der Waals surface area contributed by atoms with Crippen LogP contribution in [-0.4, -0.2) is 75.2 Å². The van der Waals surface area contributed by atoms with Gasteiger partial charge in [-0.2, -0.15) is 0 Å². The topological polar surface area (TPSA) is 42.9 Å². The SMILES string of the molecule is CCN1CCN(CCCCNC(=NC)NCCc2ccc(C(C)(C)C)cc2)CC1. The van der Waals surface area contributed by atoms with Gasteiger partial charge in [0.2, 0.25) is 0 Å². The van der Waals surface area contributed by atoms with Crippen LogP contribution in [0.2, 0.25) is 0 Å². The minimum absolute atomic E-state index is 0.215. The highest BCUT2D eigenvalue weighted by molar-refractivity contribution is 5.79. The van der Waals surface area contributed by atoms with Crippen molar-refractivity contribution in [3.8, 4) is 0 Å². The second-order valence-corrected chi connectivity index (χ2v) is 9.11. The van der Waals surface area contributed by atoms with E-state index in [-0.39, 0.29) is 5.41 Å². The number of nitrogens with one attached hydrogen (secondary N) is 2. The summed E-state index contributed by atoms with van der Waals surface area (Å²) in [7, 11) is 1.85. The standard InChI is InChI=1S/C24H43N5/c1-6-28-17-19-29(20-18-28)16-8-7-14-26-23(25-5)27-15-13-21-9-11-22(12-10-21)24(2,3)4/h9-12H,6-8,13-20H2,1-5H3,(H2,25,26,27). The molecule has 1 fully saturated rings. The fourth-order valence-corrected chi connectivity index (χ4v) is 3.71. The van der Waals surface area contributed by atoms with Crippen molar-refractivity contribution >= 4 is 5.96 Å². The van der Waals surface area contributed by atoms with E-state index >= 15 is 0 Å². The lowest BCUT2D eigenvalue weighted by atomic mass is 9.86. The molecule has 0 aromatic heterocycles. The number of hydrogen-bond acceptors (Lipinski definition) is 3. The fraction of sp³-hybridized carbons (Fsp3) is 0.708. The highest BCUT2D eigenvalue weighted by Gasteiger charge is 2.14. The average Bonchev–Trinajstić information content (AvgIpc) is 2.72. The van der Waals surface area contributed by atoms with Crippen LogP contribution in [0.15, 0.2) is 29.3 Å². The Labute approximate surface area is 179 Å². The molecular formula is C24H43N5. The molecule has 0 atom stereocenters. The molecule has 0 aliphatic carbocycles. The highest BCUT2D eigenvalue weighted by atomic mass is 15.3. The molecule has 0 amide bonds. The van der Waals surface area contributed by atoms with E-state index in [0.29, 0.717) is 0 Å². The first-order valence-electron chi connectivity index (χ1n) is 11.4. The first-order valence-corrected chi connectivity index (χ1v) is 11.4. The van der Waals surface area contributed by atoms with Crippen molar-refractivity contribution in [1.82, 2.24) is 20.4 Å². The molecule has 1 aliphatic heterocycles. The van der Waals surface area contributed by atoms with Crippen LogP contribution in [0.1, 0.15) is 51.7 Å². The van der Waals surface area contributed by atoms with Crippen LogP contribution in [0.3, 0.4) is 0 Å². The van der Waals surface area contributed by atoms with Crippen molar-refractivity contribution in [3.05, 3.63) is 35.4 Å². The van der Waals surface area contributed by atoms with E-state index in [1.807, 2.05) is 7.05 Å². The molecule has 0 saturated carbocycles. The fourth-order valence-electron chi connectivity index (χ4n) is 3.71. The lowest BCUT2D eigenvalue weighted by Crippen LogP contribution is -2.46. The van der Waals surface area contributed by atoms with Crippen molar-refractivity contribution in [2.75, 3.05) is 59.4 Å². The third kappa shape index (κ3) is 8.75. The third-order valence-corrected chi connectivity index (χ3v) is 5.86. The van der Waals surface area contributed by atoms with Crippen molar-refractivity contribution in [2.45, 2.75) is 52.4 Å². The molecule has 2 rings (SSSR count). The molecule has 0 spiro atoms. The van der Waals surface area contributed by atoms with Crippen molar-refractivity contribution < 1.29 is 0 Å². The zero-order valence-corrected chi connectivity index (χ0v) is 19.4. The first kappa shape index (κ1) is 23.7. The van der Waals surface area contributed by atoms with Gasteiger partial charge in [-0.15, -0.1) is 0 Å². The number of hydrogen-bond donors (Lipinski definition) is 2. The van der Waals surface area contributed by atoms with Crippen LogP contribution >= 0.6 is 0 Å². The maximum absolute atomic E-state index is 4.35. The largest absolute Gasteiger partial charge is 0.356 e. The minimum Gasteiger partial charge on any atom is -0.356 e. The predicted octanol–water partition coefficient (Wildman–Crippen LogP) is 3.11. The number of benzene rings is 1. The monoisotopic (exact) mass is 401 g/mol. The number of rotatable bonds is 9. The van der Waals surface area contributed by atoms with E-state index in [4.69, 9.17) is 0 Å². The normalized spacial score (nSPS) is 16.8. The summed E-state index contributed by atoms with van der Waals surface area (Å²) in [4.78, 5) is 9.49. The number of piperazine rings is 1. The molecule has 1 heterocycles. The van der Waals surface area contributed by atoms with Gasteiger partial charge in [-0.1, -0.05) is 52.0 Å². The molecule has 5 nitrogen and oxygen atoms in total. The Morgan fingerprint density at radius 2 is 1.55 bits per heavy atom. The Hall–Kier alpha value is -1.59. The Morgan fingerprint density at radius 3 is 2.14 bits per heavy atom. The van der Waals surface area contributed by atoms with Crippen molar-refractivity contribution in [1.29, 1.82) is 0 Å². The van der Waals surface area contributed by atoms with Crippen LogP contribution in [0.25, 0.3) is 0 Å². The Kier molecular flexibility index (Phi) is 9.95. The lowest BCUT2D eigenvalue weighted by Gasteiger charge is -2.34. The second-order valence-electron chi connectivity index (χ2n) is 9.11. The summed E-state index contributed by atoms with van der Waals surface area (Å²) in [6.45, 7) is 18.2. The molecule has 1 saturated heterocycles. The number of guanidine groups is 1. The van der Waals surface area contributed by atoms with Crippen LogP contribution in [0, 0.1) is 0 Å². The van der Waals surface area contributed by atoms with E-state index in [0.717, 1.165) is 25.5 Å². The van der Waals surface area contributed by atoms with Gasteiger partial charge in [0.05, 0.1) is 0 Å². The lowest BCUT2D eigenvalue weighted by molar-refractivity contribution is 0.136. The molecule has 2 N–H and O–H groups in total. The summed E-state index contributed by atoms with van der Waals surface area (Å²) in [6, 6.07) is 9.01. The molecule has 1 aromatic rings. The summed E-state index contributed by atoms with van der Waals surface area (Å²) in [5, 5.41) is 6.89. The van der Waals surface area contributed by atoms with Crippen LogP contribution in [0.4, 0.5) is 0 Å². The molecule has 0 unspecified atom stereocenters.